The van der Waals surface area contributed by atoms with Crippen LogP contribution in [0.4, 0.5) is 0 Å². The van der Waals surface area contributed by atoms with Gasteiger partial charge in [-0.2, -0.15) is 0 Å². The highest BCUT2D eigenvalue weighted by Crippen LogP contribution is 2.46. The smallest absolute Gasteiger partial charge is 0.0496 e. The number of para-hydroxylation sites is 1. The van der Waals surface area contributed by atoms with Crippen molar-refractivity contribution in [3.8, 4) is 0 Å². The molecule has 0 N–H and O–H groups in total. The SMILES string of the molecule is Cn1c2ccccc2c2c3c(ccc21)sc1cccc(C2CCCCC2)c13. The van der Waals surface area contributed by atoms with E-state index in [1.165, 1.54) is 74.1 Å². The summed E-state index contributed by atoms with van der Waals surface area (Å²) in [7, 11) is 2.20. The fourth-order valence-corrected chi connectivity index (χ4v) is 6.49. The van der Waals surface area contributed by atoms with Gasteiger partial charge in [-0.05, 0) is 48.6 Å². The zero-order valence-corrected chi connectivity index (χ0v) is 16.5. The molecule has 1 fully saturated rings. The van der Waals surface area contributed by atoms with Crippen molar-refractivity contribution in [2.45, 2.75) is 38.0 Å². The number of nitrogens with zero attached hydrogens (tertiary/aromatic N) is 1. The molecule has 2 heterocycles. The molecule has 134 valence electrons. The van der Waals surface area contributed by atoms with Crippen molar-refractivity contribution in [3.05, 3.63) is 60.2 Å². The quantitative estimate of drug-likeness (QED) is 0.285. The first-order chi connectivity index (χ1) is 13.3. The predicted octanol–water partition coefficient (Wildman–Crippen LogP) is 7.75. The molecule has 0 unspecified atom stereocenters. The molecule has 6 rings (SSSR count). The van der Waals surface area contributed by atoms with E-state index in [9.17, 15) is 0 Å². The van der Waals surface area contributed by atoms with Gasteiger partial charge in [-0.3, -0.25) is 0 Å². The molecular formula is C25H23NS. The van der Waals surface area contributed by atoms with Crippen LogP contribution in [0.15, 0.2) is 54.6 Å². The summed E-state index contributed by atoms with van der Waals surface area (Å²) in [5, 5.41) is 5.86. The van der Waals surface area contributed by atoms with Gasteiger partial charge in [-0.25, -0.2) is 0 Å². The van der Waals surface area contributed by atoms with Gasteiger partial charge in [0.25, 0.3) is 0 Å². The van der Waals surface area contributed by atoms with Crippen molar-refractivity contribution < 1.29 is 0 Å². The molecule has 5 aromatic rings. The Morgan fingerprint density at radius 2 is 1.56 bits per heavy atom. The summed E-state index contributed by atoms with van der Waals surface area (Å²) in [6.07, 6.45) is 6.87. The molecule has 0 atom stereocenters. The van der Waals surface area contributed by atoms with Gasteiger partial charge < -0.3 is 4.57 Å². The van der Waals surface area contributed by atoms with Crippen LogP contribution in [0, 0.1) is 0 Å². The second kappa shape index (κ2) is 5.84. The summed E-state index contributed by atoms with van der Waals surface area (Å²) in [5.41, 5.74) is 4.27. The van der Waals surface area contributed by atoms with E-state index in [1.807, 2.05) is 11.3 Å². The molecule has 0 aliphatic heterocycles. The Bertz CT molecular complexity index is 1310. The first kappa shape index (κ1) is 15.7. The van der Waals surface area contributed by atoms with Crippen LogP contribution in [0.3, 0.4) is 0 Å². The number of thiophene rings is 1. The molecule has 2 heteroatoms. The van der Waals surface area contributed by atoms with Gasteiger partial charge >= 0.3 is 0 Å². The second-order valence-corrected chi connectivity index (χ2v) is 9.15. The summed E-state index contributed by atoms with van der Waals surface area (Å²) in [5.74, 6) is 0.727. The van der Waals surface area contributed by atoms with Gasteiger partial charge in [0.05, 0.1) is 0 Å². The molecule has 0 saturated heterocycles. The van der Waals surface area contributed by atoms with Gasteiger partial charge in [0.2, 0.25) is 0 Å². The molecule has 0 spiro atoms. The van der Waals surface area contributed by atoms with Crippen LogP contribution in [0.5, 0.6) is 0 Å². The molecule has 0 bridgehead atoms. The minimum absolute atomic E-state index is 0.727. The van der Waals surface area contributed by atoms with Crippen molar-refractivity contribution >= 4 is 53.3 Å². The van der Waals surface area contributed by atoms with Crippen LogP contribution in [-0.2, 0) is 7.05 Å². The molecule has 1 aliphatic rings. The van der Waals surface area contributed by atoms with E-state index in [-0.39, 0.29) is 0 Å². The average molecular weight is 370 g/mol. The van der Waals surface area contributed by atoms with Crippen molar-refractivity contribution in [2.24, 2.45) is 7.05 Å². The Morgan fingerprint density at radius 3 is 2.44 bits per heavy atom. The lowest BCUT2D eigenvalue weighted by molar-refractivity contribution is 0.445. The Hall–Kier alpha value is -2.32. The molecule has 0 amide bonds. The predicted molar refractivity (Wildman–Crippen MR) is 119 cm³/mol. The van der Waals surface area contributed by atoms with Gasteiger partial charge in [-0.15, -0.1) is 11.3 Å². The monoisotopic (exact) mass is 369 g/mol. The maximum atomic E-state index is 2.41. The summed E-state index contributed by atoms with van der Waals surface area (Å²) >= 11 is 1.96. The summed E-state index contributed by atoms with van der Waals surface area (Å²) in [4.78, 5) is 0. The average Bonchev–Trinajstić information content (AvgIpc) is 3.24. The minimum Gasteiger partial charge on any atom is -0.344 e. The lowest BCUT2D eigenvalue weighted by atomic mass is 9.82. The van der Waals surface area contributed by atoms with Crippen LogP contribution in [0.1, 0.15) is 43.6 Å². The van der Waals surface area contributed by atoms with E-state index in [0.29, 0.717) is 0 Å². The van der Waals surface area contributed by atoms with E-state index >= 15 is 0 Å². The second-order valence-electron chi connectivity index (χ2n) is 8.07. The highest BCUT2D eigenvalue weighted by Gasteiger charge is 2.22. The standard InChI is InChI=1S/C25H23NS/c1-26-19-12-6-5-10-18(19)23-20(26)14-15-22-25(23)24-17(11-7-13-21(24)27-22)16-8-3-2-4-9-16/h5-7,10-16H,2-4,8-9H2,1H3. The number of benzene rings is 3. The maximum absolute atomic E-state index is 2.41. The Labute approximate surface area is 163 Å². The Kier molecular flexibility index (Phi) is 3.40. The van der Waals surface area contributed by atoms with Crippen LogP contribution in [0.25, 0.3) is 42.0 Å². The molecule has 1 aliphatic carbocycles. The third kappa shape index (κ3) is 2.17. The van der Waals surface area contributed by atoms with E-state index in [1.54, 1.807) is 5.56 Å². The van der Waals surface area contributed by atoms with Gasteiger partial charge in [0.1, 0.15) is 0 Å². The van der Waals surface area contributed by atoms with Crippen molar-refractivity contribution in [3.63, 3.8) is 0 Å². The van der Waals surface area contributed by atoms with Gasteiger partial charge in [0.15, 0.2) is 0 Å². The first-order valence-corrected chi connectivity index (χ1v) is 11.0. The fraction of sp³-hybridized carbons (Fsp3) is 0.280. The van der Waals surface area contributed by atoms with Gasteiger partial charge in [-0.1, -0.05) is 49.6 Å². The zero-order chi connectivity index (χ0) is 18.0. The van der Waals surface area contributed by atoms with E-state index < -0.39 is 0 Å². The van der Waals surface area contributed by atoms with Crippen molar-refractivity contribution in [2.75, 3.05) is 0 Å². The molecule has 0 radical (unpaired) electrons. The number of hydrogen-bond acceptors (Lipinski definition) is 1. The van der Waals surface area contributed by atoms with E-state index in [0.717, 1.165) is 5.92 Å². The lowest BCUT2D eigenvalue weighted by Gasteiger charge is -2.23. The number of aromatic nitrogens is 1. The summed E-state index contributed by atoms with van der Waals surface area (Å²) in [6.45, 7) is 0. The number of rotatable bonds is 1. The van der Waals surface area contributed by atoms with Crippen LogP contribution in [-0.4, -0.2) is 4.57 Å². The molecular weight excluding hydrogens is 346 g/mol. The highest BCUT2D eigenvalue weighted by atomic mass is 32.1. The van der Waals surface area contributed by atoms with Crippen LogP contribution >= 0.6 is 11.3 Å². The first-order valence-electron chi connectivity index (χ1n) is 10.1. The zero-order valence-electron chi connectivity index (χ0n) is 15.7. The number of fused-ring (bicyclic) bond motifs is 7. The third-order valence-corrected chi connectivity index (χ3v) is 7.73. The minimum atomic E-state index is 0.727. The molecule has 2 aromatic heterocycles. The lowest BCUT2D eigenvalue weighted by Crippen LogP contribution is -2.04. The van der Waals surface area contributed by atoms with Crippen LogP contribution < -0.4 is 0 Å². The highest BCUT2D eigenvalue weighted by molar-refractivity contribution is 7.26. The summed E-state index contributed by atoms with van der Waals surface area (Å²) < 4.78 is 5.24. The third-order valence-electron chi connectivity index (χ3n) is 6.61. The number of hydrogen-bond donors (Lipinski definition) is 0. The number of aryl methyl sites for hydroxylation is 1. The van der Waals surface area contributed by atoms with Gasteiger partial charge in [0, 0.05) is 49.0 Å². The fourth-order valence-electron chi connectivity index (χ4n) is 5.34. The topological polar surface area (TPSA) is 4.93 Å². The Morgan fingerprint density at radius 1 is 0.741 bits per heavy atom. The molecule has 1 nitrogen and oxygen atoms in total. The van der Waals surface area contributed by atoms with E-state index in [2.05, 4.69) is 66.2 Å². The molecule has 27 heavy (non-hydrogen) atoms. The Balaban J connectivity index is 1.81. The summed E-state index contributed by atoms with van der Waals surface area (Å²) in [6, 6.07) is 20.5. The maximum Gasteiger partial charge on any atom is 0.0496 e. The van der Waals surface area contributed by atoms with Crippen LogP contribution in [0.2, 0.25) is 0 Å². The van der Waals surface area contributed by atoms with Crippen molar-refractivity contribution in [1.82, 2.24) is 4.57 Å². The largest absolute Gasteiger partial charge is 0.344 e. The molecule has 1 saturated carbocycles. The normalized spacial score (nSPS) is 16.2. The van der Waals surface area contributed by atoms with Crippen molar-refractivity contribution in [1.29, 1.82) is 0 Å². The molecule has 3 aromatic carbocycles. The van der Waals surface area contributed by atoms with E-state index in [4.69, 9.17) is 0 Å².